The zero-order chi connectivity index (χ0) is 20.0. The summed E-state index contributed by atoms with van der Waals surface area (Å²) in [6.07, 6.45) is 5.37. The molecule has 4 heteroatoms. The number of alkyl halides is 3. The first-order valence-electron chi connectivity index (χ1n) is 11.5. The van der Waals surface area contributed by atoms with Gasteiger partial charge in [-0.15, -0.1) is 0 Å². The lowest BCUT2D eigenvalue weighted by atomic mass is 9.69. The van der Waals surface area contributed by atoms with Gasteiger partial charge in [-0.25, -0.2) is 13.2 Å². The first kappa shape index (κ1) is 23.0. The van der Waals surface area contributed by atoms with Crippen LogP contribution in [0.25, 0.3) is 0 Å². The third-order valence-electron chi connectivity index (χ3n) is 7.32. The van der Waals surface area contributed by atoms with Gasteiger partial charge in [-0.1, -0.05) is 40.5 Å². The van der Waals surface area contributed by atoms with Crippen LogP contribution in [0.4, 0.5) is 13.2 Å². The van der Waals surface area contributed by atoms with Crippen molar-refractivity contribution in [3.8, 4) is 0 Å². The fraction of sp³-hybridized carbons (Fsp3) is 1.00. The lowest BCUT2D eigenvalue weighted by Crippen LogP contribution is -2.45. The smallest absolute Gasteiger partial charge is 0.157 e. The summed E-state index contributed by atoms with van der Waals surface area (Å²) in [5, 5.41) is 0. The van der Waals surface area contributed by atoms with Crippen LogP contribution in [-0.2, 0) is 4.74 Å². The largest absolute Gasteiger partial charge is 0.372 e. The van der Waals surface area contributed by atoms with E-state index in [1.165, 1.54) is 25.7 Å². The third-order valence-corrected chi connectivity index (χ3v) is 7.32. The van der Waals surface area contributed by atoms with Gasteiger partial charge in [-0.2, -0.15) is 0 Å². The summed E-state index contributed by atoms with van der Waals surface area (Å²) in [6, 6.07) is 0. The summed E-state index contributed by atoms with van der Waals surface area (Å²) in [5.74, 6) is 2.00. The van der Waals surface area contributed by atoms with Crippen LogP contribution in [0.3, 0.4) is 0 Å². The molecule has 0 aromatic heterocycles. The van der Waals surface area contributed by atoms with Crippen LogP contribution in [-0.4, -0.2) is 30.7 Å². The summed E-state index contributed by atoms with van der Waals surface area (Å²) in [7, 11) is 0. The van der Waals surface area contributed by atoms with E-state index in [2.05, 4.69) is 6.92 Å². The molecule has 0 spiro atoms. The van der Waals surface area contributed by atoms with Gasteiger partial charge in [0.05, 0.1) is 12.7 Å². The molecule has 3 aliphatic rings. The zero-order valence-electron chi connectivity index (χ0n) is 17.9. The fourth-order valence-electron chi connectivity index (χ4n) is 5.23. The van der Waals surface area contributed by atoms with Crippen LogP contribution < -0.4 is 0 Å². The maximum atomic E-state index is 15.1. The second-order valence-corrected chi connectivity index (χ2v) is 9.30. The van der Waals surface area contributed by atoms with E-state index in [4.69, 9.17) is 4.74 Å². The zero-order valence-corrected chi connectivity index (χ0v) is 17.9. The van der Waals surface area contributed by atoms with Crippen LogP contribution in [0.2, 0.25) is 0 Å². The van der Waals surface area contributed by atoms with Crippen molar-refractivity contribution >= 4 is 0 Å². The number of hydrogen-bond donors (Lipinski definition) is 0. The van der Waals surface area contributed by atoms with Gasteiger partial charge in [0.1, 0.15) is 11.8 Å². The topological polar surface area (TPSA) is 9.23 Å². The maximum Gasteiger partial charge on any atom is 0.157 e. The Kier molecular flexibility index (Phi) is 8.96. The highest BCUT2D eigenvalue weighted by atomic mass is 19.2. The highest BCUT2D eigenvalue weighted by Gasteiger charge is 2.42. The summed E-state index contributed by atoms with van der Waals surface area (Å²) >= 11 is 0. The van der Waals surface area contributed by atoms with E-state index in [1.807, 2.05) is 13.8 Å². The molecule has 3 fully saturated rings. The minimum atomic E-state index is -1.60. The van der Waals surface area contributed by atoms with E-state index < -0.39 is 24.1 Å². The summed E-state index contributed by atoms with van der Waals surface area (Å²) in [4.78, 5) is 0. The quantitative estimate of drug-likeness (QED) is 0.492. The molecule has 0 saturated heterocycles. The van der Waals surface area contributed by atoms with Crippen molar-refractivity contribution in [1.29, 1.82) is 0 Å². The van der Waals surface area contributed by atoms with Crippen molar-refractivity contribution in [3.05, 3.63) is 0 Å². The van der Waals surface area contributed by atoms with Gasteiger partial charge in [0.2, 0.25) is 0 Å². The van der Waals surface area contributed by atoms with Crippen molar-refractivity contribution in [1.82, 2.24) is 0 Å². The normalized spacial score (nSPS) is 45.7. The molecule has 3 saturated carbocycles. The molecule has 0 radical (unpaired) electrons. The first-order chi connectivity index (χ1) is 12.9. The molecule has 0 N–H and O–H groups in total. The van der Waals surface area contributed by atoms with Gasteiger partial charge in [0, 0.05) is 0 Å². The Morgan fingerprint density at radius 2 is 1.33 bits per heavy atom. The monoisotopic (exact) mass is 390 g/mol. The second kappa shape index (κ2) is 10.5. The lowest BCUT2D eigenvalue weighted by Gasteiger charge is -2.40. The van der Waals surface area contributed by atoms with Gasteiger partial charge in [0.25, 0.3) is 0 Å². The molecule has 3 aliphatic carbocycles. The average Bonchev–Trinajstić information content (AvgIpc) is 2.69. The van der Waals surface area contributed by atoms with Crippen LogP contribution in [0.5, 0.6) is 0 Å². The van der Waals surface area contributed by atoms with E-state index in [-0.39, 0.29) is 12.5 Å². The molecule has 0 aromatic carbocycles. The average molecular weight is 391 g/mol. The molecule has 4 atom stereocenters. The molecule has 0 bridgehead atoms. The predicted octanol–water partition coefficient (Wildman–Crippen LogP) is 7.23. The van der Waals surface area contributed by atoms with Crippen molar-refractivity contribution in [2.24, 2.45) is 23.7 Å². The predicted molar refractivity (Wildman–Crippen MR) is 106 cm³/mol. The van der Waals surface area contributed by atoms with Gasteiger partial charge < -0.3 is 4.74 Å². The molecule has 0 aromatic rings. The Morgan fingerprint density at radius 1 is 0.778 bits per heavy atom. The Labute approximate surface area is 164 Å². The lowest BCUT2D eigenvalue weighted by molar-refractivity contribution is -0.110. The molecule has 0 heterocycles. The van der Waals surface area contributed by atoms with Gasteiger partial charge in [0.15, 0.2) is 6.17 Å². The van der Waals surface area contributed by atoms with Crippen molar-refractivity contribution < 1.29 is 17.9 Å². The summed E-state index contributed by atoms with van der Waals surface area (Å²) in [6.45, 7) is 8.00. The molecule has 4 unspecified atom stereocenters. The molecule has 3 rings (SSSR count). The second-order valence-electron chi connectivity index (χ2n) is 9.30. The van der Waals surface area contributed by atoms with E-state index in [1.54, 1.807) is 6.92 Å². The Balaban J connectivity index is 0.00000126. The van der Waals surface area contributed by atoms with Crippen LogP contribution in [0.1, 0.15) is 91.9 Å². The molecular weight excluding hydrogens is 349 g/mol. The van der Waals surface area contributed by atoms with Crippen LogP contribution in [0.15, 0.2) is 0 Å². The Bertz CT molecular complexity index is 414. The Hall–Kier alpha value is -0.250. The number of ether oxygens (including phenoxy) is 1. The maximum absolute atomic E-state index is 15.1. The van der Waals surface area contributed by atoms with Gasteiger partial charge in [-0.05, 0) is 75.0 Å². The van der Waals surface area contributed by atoms with Gasteiger partial charge >= 0.3 is 0 Å². The Morgan fingerprint density at radius 3 is 1.93 bits per heavy atom. The highest BCUT2D eigenvalue weighted by molar-refractivity contribution is 4.91. The van der Waals surface area contributed by atoms with Crippen molar-refractivity contribution in [2.75, 3.05) is 6.61 Å². The van der Waals surface area contributed by atoms with E-state index in [9.17, 15) is 8.78 Å². The number of hydrogen-bond acceptors (Lipinski definition) is 1. The molecule has 0 aliphatic heterocycles. The highest BCUT2D eigenvalue weighted by Crippen LogP contribution is 2.44. The van der Waals surface area contributed by atoms with E-state index in [0.29, 0.717) is 31.6 Å². The minimum Gasteiger partial charge on any atom is -0.372 e. The van der Waals surface area contributed by atoms with E-state index in [0.717, 1.165) is 24.7 Å². The van der Waals surface area contributed by atoms with Crippen molar-refractivity contribution in [3.63, 3.8) is 0 Å². The summed E-state index contributed by atoms with van der Waals surface area (Å²) in [5.41, 5.74) is -1.34. The standard InChI is InChI=1S/C21H35F3O.C2H6/c1-14-3-6-16(7-4-14)17-9-11-21(24,12-10-17)13-25-18-8-5-15(2)19(22)20(18)23;1-2/h14-20H,3-13H2,1-2H3;1-2H3. The fourth-order valence-corrected chi connectivity index (χ4v) is 5.23. The van der Waals surface area contributed by atoms with Crippen molar-refractivity contribution in [2.45, 2.75) is 116 Å². The minimum absolute atomic E-state index is 0.0619. The number of rotatable bonds is 4. The number of halogens is 3. The molecule has 27 heavy (non-hydrogen) atoms. The van der Waals surface area contributed by atoms with Crippen LogP contribution >= 0.6 is 0 Å². The van der Waals surface area contributed by atoms with E-state index >= 15 is 4.39 Å². The first-order valence-corrected chi connectivity index (χ1v) is 11.5. The van der Waals surface area contributed by atoms with Gasteiger partial charge in [-0.3, -0.25) is 0 Å². The molecular formula is C23H41F3O. The molecule has 0 amide bonds. The van der Waals surface area contributed by atoms with Crippen LogP contribution in [0, 0.1) is 23.7 Å². The SMILES string of the molecule is CC.CC1CCC(C2CCC(F)(COC3CCC(C)C(F)C3F)CC2)CC1. The third kappa shape index (κ3) is 6.11. The molecule has 1 nitrogen and oxygen atoms in total. The molecule has 160 valence electrons. The summed E-state index contributed by atoms with van der Waals surface area (Å²) < 4.78 is 48.6.